The molecule has 1 radical (unpaired) electrons. The van der Waals surface area contributed by atoms with Gasteiger partial charge in [0, 0.05) is 5.56 Å². The predicted molar refractivity (Wildman–Crippen MR) is 56.8 cm³/mol. The lowest BCUT2D eigenvalue weighted by Crippen LogP contribution is -2.11. The third kappa shape index (κ3) is 1.25. The van der Waals surface area contributed by atoms with Crippen LogP contribution in [-0.2, 0) is 5.41 Å². The molecule has 2 rings (SSSR count). The second-order valence-electron chi connectivity index (χ2n) is 4.13. The molecule has 0 aliphatic rings. The van der Waals surface area contributed by atoms with E-state index < -0.39 is 0 Å². The van der Waals surface area contributed by atoms with E-state index in [9.17, 15) is 0 Å². The van der Waals surface area contributed by atoms with Crippen LogP contribution in [0.25, 0.3) is 11.0 Å². The molecule has 0 spiro atoms. The van der Waals surface area contributed by atoms with E-state index in [1.165, 1.54) is 0 Å². The van der Waals surface area contributed by atoms with E-state index >= 15 is 0 Å². The fourth-order valence-corrected chi connectivity index (χ4v) is 1.51. The van der Waals surface area contributed by atoms with Gasteiger partial charge in [0.2, 0.25) is 0 Å². The van der Waals surface area contributed by atoms with Gasteiger partial charge in [-0.2, -0.15) is 0 Å². The summed E-state index contributed by atoms with van der Waals surface area (Å²) in [6.07, 6.45) is 0. The van der Waals surface area contributed by atoms with E-state index in [1.54, 1.807) is 0 Å². The van der Waals surface area contributed by atoms with Gasteiger partial charge in [-0.15, -0.1) is 0 Å². The zero-order valence-electron chi connectivity index (χ0n) is 8.37. The Morgan fingerprint density at radius 1 is 1.43 bits per heavy atom. The number of hydrogen-bond acceptors (Lipinski definition) is 3. The molecule has 0 saturated carbocycles. The van der Waals surface area contributed by atoms with Gasteiger partial charge in [0.15, 0.2) is 11.4 Å². The topological polar surface area (TPSA) is 52.0 Å². The first kappa shape index (κ1) is 9.06. The standard InChI is InChI=1S/C11H13N2O/c1-11(2,3)8-6-4-5-7-9(8)14-13-10(7)12/h4-6H,1H2,2-3H3,(H2,12,13). The monoisotopic (exact) mass is 189 g/mol. The van der Waals surface area contributed by atoms with E-state index in [0.717, 1.165) is 16.5 Å². The highest BCUT2D eigenvalue weighted by atomic mass is 16.5. The van der Waals surface area contributed by atoms with Crippen LogP contribution in [0.1, 0.15) is 19.4 Å². The van der Waals surface area contributed by atoms with Crippen LogP contribution in [0.4, 0.5) is 5.82 Å². The minimum absolute atomic E-state index is 0.203. The first-order chi connectivity index (χ1) is 6.50. The molecule has 0 aliphatic heterocycles. The molecule has 0 amide bonds. The smallest absolute Gasteiger partial charge is 0.174 e. The van der Waals surface area contributed by atoms with Gasteiger partial charge in [-0.05, 0) is 18.4 Å². The van der Waals surface area contributed by atoms with Gasteiger partial charge in [0.25, 0.3) is 0 Å². The van der Waals surface area contributed by atoms with Gasteiger partial charge in [-0.3, -0.25) is 0 Å². The molecule has 2 aromatic rings. The summed E-state index contributed by atoms with van der Waals surface area (Å²) in [7, 11) is 0. The lowest BCUT2D eigenvalue weighted by atomic mass is 9.86. The molecule has 1 aromatic carbocycles. The summed E-state index contributed by atoms with van der Waals surface area (Å²) in [6, 6.07) is 5.83. The number of anilines is 1. The van der Waals surface area contributed by atoms with Crippen molar-refractivity contribution in [1.82, 2.24) is 5.16 Å². The molecule has 0 atom stereocenters. The van der Waals surface area contributed by atoms with Gasteiger partial charge in [0.1, 0.15) is 0 Å². The van der Waals surface area contributed by atoms with Gasteiger partial charge in [-0.1, -0.05) is 31.1 Å². The third-order valence-corrected chi connectivity index (χ3v) is 2.26. The maximum absolute atomic E-state index is 5.66. The van der Waals surface area contributed by atoms with Gasteiger partial charge < -0.3 is 10.3 Å². The van der Waals surface area contributed by atoms with Crippen molar-refractivity contribution in [2.75, 3.05) is 5.73 Å². The molecule has 0 unspecified atom stereocenters. The fourth-order valence-electron chi connectivity index (χ4n) is 1.51. The van der Waals surface area contributed by atoms with E-state index in [2.05, 4.69) is 12.1 Å². The number of aromatic nitrogens is 1. The first-order valence-electron chi connectivity index (χ1n) is 4.50. The number of fused-ring (bicyclic) bond motifs is 1. The number of hydrogen-bond donors (Lipinski definition) is 1. The minimum Gasteiger partial charge on any atom is -0.380 e. The average molecular weight is 189 g/mol. The number of benzene rings is 1. The third-order valence-electron chi connectivity index (χ3n) is 2.26. The van der Waals surface area contributed by atoms with Crippen molar-refractivity contribution in [3.63, 3.8) is 0 Å². The Balaban J connectivity index is 2.79. The molecule has 73 valence electrons. The Bertz CT molecular complexity index is 466. The molecule has 3 nitrogen and oxygen atoms in total. The molecular formula is C11H13N2O. The van der Waals surface area contributed by atoms with Crippen LogP contribution < -0.4 is 5.73 Å². The van der Waals surface area contributed by atoms with Crippen LogP contribution in [-0.4, -0.2) is 5.16 Å². The average Bonchev–Trinajstić information content (AvgIpc) is 2.46. The van der Waals surface area contributed by atoms with Crippen LogP contribution in [0.2, 0.25) is 0 Å². The van der Waals surface area contributed by atoms with Crippen LogP contribution in [0.5, 0.6) is 0 Å². The van der Waals surface area contributed by atoms with Crippen molar-refractivity contribution < 1.29 is 4.52 Å². The lowest BCUT2D eigenvalue weighted by molar-refractivity contribution is 0.453. The predicted octanol–water partition coefficient (Wildman–Crippen LogP) is 2.52. The fraction of sp³-hybridized carbons (Fsp3) is 0.273. The molecule has 1 heterocycles. The summed E-state index contributed by atoms with van der Waals surface area (Å²) in [5, 5.41) is 4.61. The number of nitrogen functional groups attached to an aromatic ring is 1. The number of para-hydroxylation sites is 1. The molecular weight excluding hydrogens is 176 g/mol. The highest BCUT2D eigenvalue weighted by Crippen LogP contribution is 2.31. The largest absolute Gasteiger partial charge is 0.380 e. The minimum atomic E-state index is -0.203. The lowest BCUT2D eigenvalue weighted by Gasteiger charge is -2.17. The zero-order valence-corrected chi connectivity index (χ0v) is 8.37. The summed E-state index contributed by atoms with van der Waals surface area (Å²) >= 11 is 0. The molecule has 0 saturated heterocycles. The number of rotatable bonds is 1. The van der Waals surface area contributed by atoms with Crippen molar-refractivity contribution in [3.05, 3.63) is 30.7 Å². The van der Waals surface area contributed by atoms with Crippen LogP contribution in [0.3, 0.4) is 0 Å². The number of nitrogens with two attached hydrogens (primary N) is 1. The summed E-state index contributed by atoms with van der Waals surface area (Å²) in [4.78, 5) is 0. The molecule has 0 bridgehead atoms. The zero-order chi connectivity index (χ0) is 10.3. The Labute approximate surface area is 82.9 Å². The van der Waals surface area contributed by atoms with Crippen LogP contribution in [0, 0.1) is 6.92 Å². The maximum Gasteiger partial charge on any atom is 0.174 e. The summed E-state index contributed by atoms with van der Waals surface area (Å²) in [6.45, 7) is 8.13. The molecule has 2 N–H and O–H groups in total. The van der Waals surface area contributed by atoms with Crippen LogP contribution in [0.15, 0.2) is 22.7 Å². The maximum atomic E-state index is 5.66. The summed E-state index contributed by atoms with van der Waals surface area (Å²) in [5.41, 5.74) is 7.23. The van der Waals surface area contributed by atoms with Crippen molar-refractivity contribution in [1.29, 1.82) is 0 Å². The molecule has 0 fully saturated rings. The van der Waals surface area contributed by atoms with E-state index in [1.807, 2.05) is 32.0 Å². The second-order valence-corrected chi connectivity index (χ2v) is 4.13. The Morgan fingerprint density at radius 2 is 2.14 bits per heavy atom. The highest BCUT2D eigenvalue weighted by molar-refractivity contribution is 5.89. The summed E-state index contributed by atoms with van der Waals surface area (Å²) in [5.74, 6) is 0.436. The van der Waals surface area contributed by atoms with E-state index in [4.69, 9.17) is 10.3 Å². The van der Waals surface area contributed by atoms with Gasteiger partial charge in [-0.25, -0.2) is 0 Å². The van der Waals surface area contributed by atoms with Crippen molar-refractivity contribution >= 4 is 16.8 Å². The Kier molecular flexibility index (Phi) is 1.77. The van der Waals surface area contributed by atoms with E-state index in [0.29, 0.717) is 5.82 Å². The summed E-state index contributed by atoms with van der Waals surface area (Å²) < 4.78 is 5.19. The van der Waals surface area contributed by atoms with Gasteiger partial charge >= 0.3 is 0 Å². The molecule has 14 heavy (non-hydrogen) atoms. The Hall–Kier alpha value is -1.51. The normalized spacial score (nSPS) is 12.2. The van der Waals surface area contributed by atoms with E-state index in [-0.39, 0.29) is 5.41 Å². The quantitative estimate of drug-likeness (QED) is 0.749. The van der Waals surface area contributed by atoms with Crippen molar-refractivity contribution in [2.24, 2.45) is 0 Å². The molecule has 0 aliphatic carbocycles. The molecule has 3 heteroatoms. The molecule has 1 aromatic heterocycles. The van der Waals surface area contributed by atoms with Gasteiger partial charge in [0.05, 0.1) is 5.39 Å². The Morgan fingerprint density at radius 3 is 2.79 bits per heavy atom. The number of nitrogens with zero attached hydrogens (tertiary/aromatic N) is 1. The van der Waals surface area contributed by atoms with Crippen molar-refractivity contribution in [3.8, 4) is 0 Å². The SMILES string of the molecule is [CH2]C(C)(C)c1cccc2c(N)noc12. The van der Waals surface area contributed by atoms with Crippen molar-refractivity contribution in [2.45, 2.75) is 19.3 Å². The highest BCUT2D eigenvalue weighted by Gasteiger charge is 2.20. The van der Waals surface area contributed by atoms with Crippen LogP contribution >= 0.6 is 0 Å². The second kappa shape index (κ2) is 2.74. The first-order valence-corrected chi connectivity index (χ1v) is 4.50.